The molecule has 1 aliphatic heterocycles. The van der Waals surface area contributed by atoms with Gasteiger partial charge in [-0.15, -0.1) is 0 Å². The maximum atomic E-state index is 12.0. The summed E-state index contributed by atoms with van der Waals surface area (Å²) < 4.78 is 5.29. The van der Waals surface area contributed by atoms with Crippen molar-refractivity contribution in [2.45, 2.75) is 25.9 Å². The second kappa shape index (κ2) is 5.14. The van der Waals surface area contributed by atoms with Crippen LogP contribution in [0.3, 0.4) is 0 Å². The molecule has 1 saturated heterocycles. The summed E-state index contributed by atoms with van der Waals surface area (Å²) in [6.07, 6.45) is 2.91. The fourth-order valence-electron chi connectivity index (χ4n) is 1.84. The SMILES string of the molecule is CC1CN(C(=O)Oc2ccncc2)C(C)CN1. The molecule has 1 fully saturated rings. The van der Waals surface area contributed by atoms with E-state index < -0.39 is 0 Å². The average molecular weight is 235 g/mol. The van der Waals surface area contributed by atoms with E-state index in [1.165, 1.54) is 0 Å². The normalized spacial score (nSPS) is 24.5. The van der Waals surface area contributed by atoms with Gasteiger partial charge >= 0.3 is 6.09 Å². The highest BCUT2D eigenvalue weighted by atomic mass is 16.6. The van der Waals surface area contributed by atoms with Crippen molar-refractivity contribution in [3.8, 4) is 5.75 Å². The Bertz CT molecular complexity index is 383. The van der Waals surface area contributed by atoms with Gasteiger partial charge in [-0.2, -0.15) is 0 Å². The summed E-state index contributed by atoms with van der Waals surface area (Å²) in [4.78, 5) is 17.6. The smallest absolute Gasteiger partial charge is 0.410 e. The number of piperazine rings is 1. The number of pyridine rings is 1. The van der Waals surface area contributed by atoms with E-state index in [0.717, 1.165) is 6.54 Å². The third kappa shape index (κ3) is 2.94. The Morgan fingerprint density at radius 2 is 2.18 bits per heavy atom. The molecule has 1 amide bonds. The number of aromatic nitrogens is 1. The van der Waals surface area contributed by atoms with Crippen LogP contribution in [0.1, 0.15) is 13.8 Å². The van der Waals surface area contributed by atoms with E-state index in [1.807, 2.05) is 6.92 Å². The highest BCUT2D eigenvalue weighted by Crippen LogP contribution is 2.13. The number of carbonyl (C=O) groups is 1. The molecular weight excluding hydrogens is 218 g/mol. The first-order valence-corrected chi connectivity index (χ1v) is 5.78. The van der Waals surface area contributed by atoms with E-state index in [9.17, 15) is 4.79 Å². The molecule has 0 bridgehead atoms. The molecule has 5 nitrogen and oxygen atoms in total. The summed E-state index contributed by atoms with van der Waals surface area (Å²) >= 11 is 0. The van der Waals surface area contributed by atoms with Crippen LogP contribution in [-0.2, 0) is 0 Å². The molecule has 0 saturated carbocycles. The Balaban J connectivity index is 1.99. The number of rotatable bonds is 1. The minimum absolute atomic E-state index is 0.153. The van der Waals surface area contributed by atoms with Crippen molar-refractivity contribution in [2.24, 2.45) is 0 Å². The Kier molecular flexibility index (Phi) is 3.58. The summed E-state index contributed by atoms with van der Waals surface area (Å²) in [5, 5.41) is 3.32. The Hall–Kier alpha value is -1.62. The second-order valence-corrected chi connectivity index (χ2v) is 4.36. The Labute approximate surface area is 101 Å². The van der Waals surface area contributed by atoms with Gasteiger partial charge in [0, 0.05) is 37.6 Å². The summed E-state index contributed by atoms with van der Waals surface area (Å²) in [5.41, 5.74) is 0. The van der Waals surface area contributed by atoms with E-state index in [-0.39, 0.29) is 12.1 Å². The molecule has 1 aromatic heterocycles. The summed E-state index contributed by atoms with van der Waals surface area (Å²) in [6, 6.07) is 3.80. The Morgan fingerprint density at radius 1 is 1.47 bits per heavy atom. The van der Waals surface area contributed by atoms with Crippen LogP contribution in [0.2, 0.25) is 0 Å². The lowest BCUT2D eigenvalue weighted by Gasteiger charge is -2.36. The molecule has 0 radical (unpaired) electrons. The lowest BCUT2D eigenvalue weighted by atomic mass is 10.1. The second-order valence-electron chi connectivity index (χ2n) is 4.36. The van der Waals surface area contributed by atoms with E-state index in [4.69, 9.17) is 4.74 Å². The highest BCUT2D eigenvalue weighted by Gasteiger charge is 2.27. The summed E-state index contributed by atoms with van der Waals surface area (Å²) in [5.74, 6) is 0.531. The van der Waals surface area contributed by atoms with E-state index >= 15 is 0 Å². The number of hydrogen-bond donors (Lipinski definition) is 1. The van der Waals surface area contributed by atoms with Gasteiger partial charge in [0.05, 0.1) is 0 Å². The molecule has 1 aliphatic rings. The molecule has 0 spiro atoms. The third-order valence-electron chi connectivity index (χ3n) is 2.85. The fourth-order valence-corrected chi connectivity index (χ4v) is 1.84. The van der Waals surface area contributed by atoms with Gasteiger partial charge in [0.15, 0.2) is 0 Å². The number of nitrogens with zero attached hydrogens (tertiary/aromatic N) is 2. The van der Waals surface area contributed by atoms with Crippen molar-refractivity contribution in [1.82, 2.24) is 15.2 Å². The fraction of sp³-hybridized carbons (Fsp3) is 0.500. The van der Waals surface area contributed by atoms with Crippen molar-refractivity contribution in [3.63, 3.8) is 0 Å². The molecule has 1 N–H and O–H groups in total. The van der Waals surface area contributed by atoms with Gasteiger partial charge in [-0.25, -0.2) is 4.79 Å². The van der Waals surface area contributed by atoms with Gasteiger partial charge in [0.25, 0.3) is 0 Å². The first-order chi connectivity index (χ1) is 8.16. The average Bonchev–Trinajstić information content (AvgIpc) is 2.33. The van der Waals surface area contributed by atoms with Crippen LogP contribution in [-0.4, -0.2) is 41.2 Å². The van der Waals surface area contributed by atoms with Crippen molar-refractivity contribution in [1.29, 1.82) is 0 Å². The van der Waals surface area contributed by atoms with Crippen molar-refractivity contribution >= 4 is 6.09 Å². The molecule has 92 valence electrons. The molecule has 0 aliphatic carbocycles. The van der Waals surface area contributed by atoms with Gasteiger partial charge in [-0.1, -0.05) is 0 Å². The highest BCUT2D eigenvalue weighted by molar-refractivity contribution is 5.71. The molecule has 2 atom stereocenters. The lowest BCUT2D eigenvalue weighted by Crippen LogP contribution is -2.56. The predicted octanol–water partition coefficient (Wildman–Crippen LogP) is 1.26. The van der Waals surface area contributed by atoms with Crippen LogP contribution in [0.25, 0.3) is 0 Å². The minimum Gasteiger partial charge on any atom is -0.410 e. The number of carbonyl (C=O) groups excluding carboxylic acids is 1. The number of ether oxygens (including phenoxy) is 1. The molecule has 17 heavy (non-hydrogen) atoms. The zero-order valence-corrected chi connectivity index (χ0v) is 10.1. The lowest BCUT2D eigenvalue weighted by molar-refractivity contribution is 0.113. The first-order valence-electron chi connectivity index (χ1n) is 5.78. The van der Waals surface area contributed by atoms with Crippen LogP contribution in [0, 0.1) is 0 Å². The van der Waals surface area contributed by atoms with Gasteiger partial charge in [-0.3, -0.25) is 4.98 Å². The van der Waals surface area contributed by atoms with Crippen LogP contribution in [0.15, 0.2) is 24.5 Å². The zero-order valence-electron chi connectivity index (χ0n) is 10.1. The van der Waals surface area contributed by atoms with Gasteiger partial charge in [0.1, 0.15) is 5.75 Å². The third-order valence-corrected chi connectivity index (χ3v) is 2.85. The summed E-state index contributed by atoms with van der Waals surface area (Å²) in [7, 11) is 0. The zero-order chi connectivity index (χ0) is 12.3. The standard InChI is InChI=1S/C12H17N3O2/c1-9-8-15(10(2)7-14-9)12(16)17-11-3-5-13-6-4-11/h3-6,9-10,14H,7-8H2,1-2H3. The summed E-state index contributed by atoms with van der Waals surface area (Å²) in [6.45, 7) is 5.53. The quantitative estimate of drug-likeness (QED) is 0.796. The van der Waals surface area contributed by atoms with E-state index in [2.05, 4.69) is 17.2 Å². The largest absolute Gasteiger partial charge is 0.415 e. The number of amides is 1. The van der Waals surface area contributed by atoms with Gasteiger partial charge in [0.2, 0.25) is 0 Å². The first kappa shape index (κ1) is 11.9. The van der Waals surface area contributed by atoms with Crippen molar-refractivity contribution < 1.29 is 9.53 Å². The Morgan fingerprint density at radius 3 is 2.88 bits per heavy atom. The molecule has 0 aromatic carbocycles. The molecule has 1 aromatic rings. The van der Waals surface area contributed by atoms with E-state index in [1.54, 1.807) is 29.4 Å². The molecule has 2 heterocycles. The monoisotopic (exact) mass is 235 g/mol. The predicted molar refractivity (Wildman–Crippen MR) is 63.9 cm³/mol. The van der Waals surface area contributed by atoms with Crippen molar-refractivity contribution in [2.75, 3.05) is 13.1 Å². The van der Waals surface area contributed by atoms with Crippen LogP contribution in [0.5, 0.6) is 5.75 Å². The minimum atomic E-state index is -0.294. The van der Waals surface area contributed by atoms with Crippen LogP contribution >= 0.6 is 0 Å². The maximum absolute atomic E-state index is 12.0. The van der Waals surface area contributed by atoms with Crippen LogP contribution in [0.4, 0.5) is 4.79 Å². The molecule has 2 unspecified atom stereocenters. The molecule has 2 rings (SSSR count). The van der Waals surface area contributed by atoms with E-state index in [0.29, 0.717) is 18.3 Å². The number of hydrogen-bond acceptors (Lipinski definition) is 4. The topological polar surface area (TPSA) is 54.5 Å². The van der Waals surface area contributed by atoms with Gasteiger partial charge < -0.3 is 15.0 Å². The molecule has 5 heteroatoms. The molecular formula is C12H17N3O2. The van der Waals surface area contributed by atoms with Crippen molar-refractivity contribution in [3.05, 3.63) is 24.5 Å². The maximum Gasteiger partial charge on any atom is 0.415 e. The van der Waals surface area contributed by atoms with Crippen LogP contribution < -0.4 is 10.1 Å². The van der Waals surface area contributed by atoms with Gasteiger partial charge in [-0.05, 0) is 26.0 Å². The number of nitrogens with one attached hydrogen (secondary N) is 1.